The Kier molecular flexibility index (Phi) is 7.15. The Labute approximate surface area is 94.5 Å². The molecule has 0 aromatic rings. The highest BCUT2D eigenvalue weighted by atomic mass is 32.2. The molecule has 6 heteroatoms. The zero-order valence-corrected chi connectivity index (χ0v) is 10.2. The Balaban J connectivity index is 3.77. The van der Waals surface area contributed by atoms with E-state index in [2.05, 4.69) is 12.2 Å². The van der Waals surface area contributed by atoms with Gasteiger partial charge in [-0.2, -0.15) is 11.8 Å². The molecule has 0 aromatic carbocycles. The molecule has 0 spiro atoms. The van der Waals surface area contributed by atoms with Crippen molar-refractivity contribution in [2.75, 3.05) is 18.6 Å². The number of carbonyl (C=O) groups is 2. The minimum Gasteiger partial charge on any atom is -0.351 e. The third-order valence-electron chi connectivity index (χ3n) is 1.86. The van der Waals surface area contributed by atoms with Crippen LogP contribution in [0, 0.1) is 5.92 Å². The van der Waals surface area contributed by atoms with E-state index in [1.807, 2.05) is 11.6 Å². The molecule has 0 radical (unpaired) electrons. The van der Waals surface area contributed by atoms with Crippen molar-refractivity contribution in [3.8, 4) is 0 Å². The molecule has 0 bridgehead atoms. The fourth-order valence-corrected chi connectivity index (χ4v) is 1.73. The first-order valence-corrected chi connectivity index (χ1v) is 6.19. The minimum atomic E-state index is -0.814. The van der Waals surface area contributed by atoms with Gasteiger partial charge in [0.2, 0.25) is 5.91 Å². The fourth-order valence-electron chi connectivity index (χ4n) is 1.04. The van der Waals surface area contributed by atoms with Crippen LogP contribution in [0.1, 0.15) is 13.8 Å². The van der Waals surface area contributed by atoms with Crippen molar-refractivity contribution >= 4 is 23.7 Å². The van der Waals surface area contributed by atoms with Gasteiger partial charge >= 0.3 is 6.03 Å². The third kappa shape index (κ3) is 7.21. The molecular weight excluding hydrogens is 214 g/mol. The van der Waals surface area contributed by atoms with Gasteiger partial charge in [-0.15, -0.1) is 0 Å². The van der Waals surface area contributed by atoms with Gasteiger partial charge < -0.3 is 11.1 Å². The van der Waals surface area contributed by atoms with E-state index < -0.39 is 12.1 Å². The van der Waals surface area contributed by atoms with E-state index in [0.29, 0.717) is 5.92 Å². The maximum atomic E-state index is 11.2. The molecule has 0 fully saturated rings. The van der Waals surface area contributed by atoms with Crippen molar-refractivity contribution in [1.82, 2.24) is 10.6 Å². The van der Waals surface area contributed by atoms with Gasteiger partial charge in [-0.3, -0.25) is 10.1 Å². The first kappa shape index (κ1) is 14.2. The number of imide groups is 1. The minimum absolute atomic E-state index is 0.390. The number of primary amides is 1. The molecule has 5 nitrogen and oxygen atoms in total. The van der Waals surface area contributed by atoms with Crippen molar-refractivity contribution in [1.29, 1.82) is 0 Å². The molecule has 15 heavy (non-hydrogen) atoms. The summed E-state index contributed by atoms with van der Waals surface area (Å²) in [7, 11) is 0. The first-order chi connectivity index (χ1) is 6.97. The zero-order valence-electron chi connectivity index (χ0n) is 9.37. The highest BCUT2D eigenvalue weighted by molar-refractivity contribution is 7.98. The molecule has 0 heterocycles. The maximum absolute atomic E-state index is 11.2. The van der Waals surface area contributed by atoms with Crippen LogP contribution >= 0.6 is 11.8 Å². The molecule has 4 N–H and O–H groups in total. The predicted octanol–water partition coefficient (Wildman–Crippen LogP) is 0.159. The summed E-state index contributed by atoms with van der Waals surface area (Å²) in [4.78, 5) is 21.7. The standard InChI is InChI=1S/C9H19N3O2S/c1-6(5-15-3)4-11-7(2)8(13)12-9(10)14/h6-7,11H,4-5H2,1-3H3,(H3,10,12,13,14). The zero-order chi connectivity index (χ0) is 11.8. The normalized spacial score (nSPS) is 14.3. The molecular formula is C9H19N3O2S. The highest BCUT2D eigenvalue weighted by Crippen LogP contribution is 2.02. The summed E-state index contributed by atoms with van der Waals surface area (Å²) in [5.41, 5.74) is 4.83. The number of carbonyl (C=O) groups excluding carboxylic acids is 2. The van der Waals surface area contributed by atoms with Crippen LogP contribution in [0.3, 0.4) is 0 Å². The van der Waals surface area contributed by atoms with Gasteiger partial charge in [0.05, 0.1) is 6.04 Å². The molecule has 0 aromatic heterocycles. The summed E-state index contributed by atoms with van der Waals surface area (Å²) >= 11 is 1.77. The van der Waals surface area contributed by atoms with Crippen LogP contribution in [-0.4, -0.2) is 36.5 Å². The van der Waals surface area contributed by atoms with Crippen molar-refractivity contribution in [2.24, 2.45) is 11.7 Å². The Morgan fingerprint density at radius 1 is 1.40 bits per heavy atom. The quantitative estimate of drug-likeness (QED) is 0.610. The summed E-state index contributed by atoms with van der Waals surface area (Å²) in [5, 5.41) is 5.07. The summed E-state index contributed by atoms with van der Waals surface area (Å²) < 4.78 is 0. The molecule has 0 aliphatic heterocycles. The van der Waals surface area contributed by atoms with Crippen molar-refractivity contribution < 1.29 is 9.59 Å². The van der Waals surface area contributed by atoms with Gasteiger partial charge in [0.25, 0.3) is 0 Å². The number of hydrogen-bond acceptors (Lipinski definition) is 4. The van der Waals surface area contributed by atoms with Crippen molar-refractivity contribution in [2.45, 2.75) is 19.9 Å². The van der Waals surface area contributed by atoms with Crippen LogP contribution in [-0.2, 0) is 4.79 Å². The van der Waals surface area contributed by atoms with Gasteiger partial charge in [0.1, 0.15) is 0 Å². The van der Waals surface area contributed by atoms with Crippen LogP contribution in [0.25, 0.3) is 0 Å². The summed E-state index contributed by atoms with van der Waals surface area (Å²) in [6.45, 7) is 4.54. The summed E-state index contributed by atoms with van der Waals surface area (Å²) in [6, 6.07) is -1.22. The van der Waals surface area contributed by atoms with E-state index in [1.165, 1.54) is 0 Å². The van der Waals surface area contributed by atoms with Crippen LogP contribution in [0.2, 0.25) is 0 Å². The molecule has 0 saturated heterocycles. The van der Waals surface area contributed by atoms with Gasteiger partial charge in [0, 0.05) is 0 Å². The fraction of sp³-hybridized carbons (Fsp3) is 0.778. The Morgan fingerprint density at radius 2 is 2.00 bits per heavy atom. The molecule has 2 atom stereocenters. The Bertz CT molecular complexity index is 223. The number of urea groups is 1. The molecule has 0 aliphatic rings. The van der Waals surface area contributed by atoms with E-state index in [0.717, 1.165) is 12.3 Å². The lowest BCUT2D eigenvalue weighted by atomic mass is 10.2. The molecule has 0 saturated carbocycles. The summed E-state index contributed by atoms with van der Waals surface area (Å²) in [6.07, 6.45) is 2.04. The van der Waals surface area contributed by atoms with E-state index in [4.69, 9.17) is 5.73 Å². The largest absolute Gasteiger partial charge is 0.351 e. The molecule has 2 unspecified atom stereocenters. The van der Waals surface area contributed by atoms with Gasteiger partial charge in [-0.05, 0) is 31.4 Å². The van der Waals surface area contributed by atoms with E-state index in [1.54, 1.807) is 18.7 Å². The highest BCUT2D eigenvalue weighted by Gasteiger charge is 2.14. The molecule has 3 amide bonds. The first-order valence-electron chi connectivity index (χ1n) is 4.80. The topological polar surface area (TPSA) is 84.2 Å². The van der Waals surface area contributed by atoms with Crippen LogP contribution in [0.4, 0.5) is 4.79 Å². The predicted molar refractivity (Wildman–Crippen MR) is 62.7 cm³/mol. The number of nitrogens with two attached hydrogens (primary N) is 1. The lowest BCUT2D eigenvalue weighted by Gasteiger charge is -2.15. The van der Waals surface area contributed by atoms with Gasteiger partial charge in [-0.1, -0.05) is 6.92 Å². The van der Waals surface area contributed by atoms with Gasteiger partial charge in [0.15, 0.2) is 0 Å². The average molecular weight is 233 g/mol. The second kappa shape index (κ2) is 7.53. The van der Waals surface area contributed by atoms with Crippen molar-refractivity contribution in [3.63, 3.8) is 0 Å². The monoisotopic (exact) mass is 233 g/mol. The van der Waals surface area contributed by atoms with Crippen LogP contribution in [0.15, 0.2) is 0 Å². The van der Waals surface area contributed by atoms with Gasteiger partial charge in [-0.25, -0.2) is 4.79 Å². The Hall–Kier alpha value is -0.750. The number of rotatable bonds is 6. The molecule has 0 rings (SSSR count). The smallest absolute Gasteiger partial charge is 0.318 e. The SMILES string of the molecule is CSCC(C)CNC(C)C(=O)NC(N)=O. The van der Waals surface area contributed by atoms with Crippen molar-refractivity contribution in [3.05, 3.63) is 0 Å². The Morgan fingerprint density at radius 3 is 2.47 bits per heavy atom. The second-order valence-corrected chi connectivity index (χ2v) is 4.45. The lowest BCUT2D eigenvalue weighted by molar-refractivity contribution is -0.121. The summed E-state index contributed by atoms with van der Waals surface area (Å²) in [5.74, 6) is 1.14. The van der Waals surface area contributed by atoms with E-state index in [9.17, 15) is 9.59 Å². The number of hydrogen-bond donors (Lipinski definition) is 3. The van der Waals surface area contributed by atoms with Crippen LogP contribution < -0.4 is 16.4 Å². The van der Waals surface area contributed by atoms with Crippen LogP contribution in [0.5, 0.6) is 0 Å². The lowest BCUT2D eigenvalue weighted by Crippen LogP contribution is -2.47. The average Bonchev–Trinajstić information content (AvgIpc) is 2.13. The van der Waals surface area contributed by atoms with E-state index in [-0.39, 0.29) is 5.91 Å². The molecule has 88 valence electrons. The van der Waals surface area contributed by atoms with E-state index >= 15 is 0 Å². The number of amides is 3. The second-order valence-electron chi connectivity index (χ2n) is 3.54. The third-order valence-corrected chi connectivity index (χ3v) is 2.77. The maximum Gasteiger partial charge on any atom is 0.318 e. The molecule has 0 aliphatic carbocycles. The number of nitrogens with one attached hydrogen (secondary N) is 2. The number of thioether (sulfide) groups is 1.